The predicted molar refractivity (Wildman–Crippen MR) is 102 cm³/mol. The molecule has 1 atom stereocenters. The lowest BCUT2D eigenvalue weighted by atomic mass is 10.1. The number of carbonyl (C=O) groups is 1. The highest BCUT2D eigenvalue weighted by Gasteiger charge is 2.17. The van der Waals surface area contributed by atoms with Crippen LogP contribution in [0.15, 0.2) is 35.1 Å². The topological polar surface area (TPSA) is 64.0 Å². The van der Waals surface area contributed by atoms with E-state index in [-0.39, 0.29) is 29.7 Å². The molecule has 3 rings (SSSR count). The fourth-order valence-electron chi connectivity index (χ4n) is 3.49. The summed E-state index contributed by atoms with van der Waals surface area (Å²) in [6.45, 7) is 2.27. The number of aryl methyl sites for hydroxylation is 2. The SMILES string of the molecule is CC[C@@H](Cn1nc2c(cc1=O)CCCCC2)NC(=O)Cc1ccccc1F. The molecule has 5 nitrogen and oxygen atoms in total. The number of benzene rings is 1. The molecule has 1 amide bonds. The minimum Gasteiger partial charge on any atom is -0.351 e. The Bertz CT molecular complexity index is 863. The molecule has 0 spiro atoms. The number of hydrogen-bond donors (Lipinski definition) is 1. The first-order valence-corrected chi connectivity index (χ1v) is 9.69. The maximum atomic E-state index is 13.7. The zero-order chi connectivity index (χ0) is 19.2. The lowest BCUT2D eigenvalue weighted by molar-refractivity contribution is -0.121. The van der Waals surface area contributed by atoms with Gasteiger partial charge in [0.25, 0.3) is 5.56 Å². The second kappa shape index (κ2) is 8.93. The molecule has 0 bridgehead atoms. The number of nitrogens with zero attached hydrogens (tertiary/aromatic N) is 2. The average Bonchev–Trinajstić information content (AvgIpc) is 2.88. The van der Waals surface area contributed by atoms with Crippen molar-refractivity contribution in [3.05, 3.63) is 63.3 Å². The van der Waals surface area contributed by atoms with Gasteiger partial charge in [-0.1, -0.05) is 31.5 Å². The molecule has 6 heteroatoms. The van der Waals surface area contributed by atoms with Gasteiger partial charge >= 0.3 is 0 Å². The van der Waals surface area contributed by atoms with Crippen molar-refractivity contribution in [1.82, 2.24) is 15.1 Å². The summed E-state index contributed by atoms with van der Waals surface area (Å²) in [5.74, 6) is -0.640. The molecular formula is C21H26FN3O2. The van der Waals surface area contributed by atoms with Crippen molar-refractivity contribution in [2.45, 2.75) is 64.5 Å². The molecular weight excluding hydrogens is 345 g/mol. The Balaban J connectivity index is 1.68. The van der Waals surface area contributed by atoms with Gasteiger partial charge in [0.2, 0.25) is 5.91 Å². The van der Waals surface area contributed by atoms with Crippen molar-refractivity contribution in [3.63, 3.8) is 0 Å². The van der Waals surface area contributed by atoms with Crippen LogP contribution in [0, 0.1) is 5.82 Å². The first kappa shape index (κ1) is 19.3. The molecule has 0 fully saturated rings. The van der Waals surface area contributed by atoms with E-state index in [1.54, 1.807) is 24.3 Å². The molecule has 1 aromatic heterocycles. The minimum atomic E-state index is -0.385. The fourth-order valence-corrected chi connectivity index (χ4v) is 3.49. The molecule has 1 aliphatic carbocycles. The summed E-state index contributed by atoms with van der Waals surface area (Å²) in [7, 11) is 0. The van der Waals surface area contributed by atoms with Crippen molar-refractivity contribution in [2.24, 2.45) is 0 Å². The first-order valence-electron chi connectivity index (χ1n) is 9.69. The smallest absolute Gasteiger partial charge is 0.267 e. The maximum Gasteiger partial charge on any atom is 0.267 e. The van der Waals surface area contributed by atoms with E-state index < -0.39 is 0 Å². The standard InChI is InChI=1S/C21H26FN3O2/c1-2-17(23-20(26)12-15-8-6-7-10-18(15)22)14-25-21(27)13-16-9-4-3-5-11-19(16)24-25/h6-8,10,13,17H,2-5,9,11-12,14H2,1H3,(H,23,26)/t17-/m0/s1. The Morgan fingerprint density at radius 2 is 2.04 bits per heavy atom. The highest BCUT2D eigenvalue weighted by Crippen LogP contribution is 2.17. The second-order valence-electron chi connectivity index (χ2n) is 7.14. The van der Waals surface area contributed by atoms with Gasteiger partial charge in [0, 0.05) is 12.1 Å². The number of rotatable bonds is 6. The third-order valence-electron chi connectivity index (χ3n) is 5.08. The normalized spacial score (nSPS) is 14.9. The third-order valence-corrected chi connectivity index (χ3v) is 5.08. The number of carbonyl (C=O) groups excluding carboxylic acids is 1. The van der Waals surface area contributed by atoms with Crippen LogP contribution in [0.4, 0.5) is 4.39 Å². The van der Waals surface area contributed by atoms with Crippen LogP contribution in [0.25, 0.3) is 0 Å². The summed E-state index contributed by atoms with van der Waals surface area (Å²) in [6, 6.07) is 7.73. The van der Waals surface area contributed by atoms with Gasteiger partial charge in [-0.25, -0.2) is 9.07 Å². The fraction of sp³-hybridized carbons (Fsp3) is 0.476. The Morgan fingerprint density at radius 3 is 2.81 bits per heavy atom. The van der Waals surface area contributed by atoms with Crippen LogP contribution in [-0.4, -0.2) is 21.7 Å². The van der Waals surface area contributed by atoms with Crippen molar-refractivity contribution < 1.29 is 9.18 Å². The van der Waals surface area contributed by atoms with Crippen LogP contribution >= 0.6 is 0 Å². The summed E-state index contributed by atoms with van der Waals surface area (Å²) in [5.41, 5.74) is 2.30. The van der Waals surface area contributed by atoms with Crippen LogP contribution in [-0.2, 0) is 30.6 Å². The predicted octanol–water partition coefficient (Wildman–Crippen LogP) is 2.79. The van der Waals surface area contributed by atoms with Gasteiger partial charge < -0.3 is 5.32 Å². The van der Waals surface area contributed by atoms with Gasteiger partial charge in [-0.3, -0.25) is 9.59 Å². The molecule has 1 aliphatic rings. The highest BCUT2D eigenvalue weighted by atomic mass is 19.1. The van der Waals surface area contributed by atoms with Crippen LogP contribution < -0.4 is 10.9 Å². The maximum absolute atomic E-state index is 13.7. The Labute approximate surface area is 158 Å². The summed E-state index contributed by atoms with van der Waals surface area (Å²) in [4.78, 5) is 24.7. The molecule has 0 aliphatic heterocycles. The van der Waals surface area contributed by atoms with E-state index in [1.807, 2.05) is 6.92 Å². The molecule has 0 unspecified atom stereocenters. The highest BCUT2D eigenvalue weighted by molar-refractivity contribution is 5.78. The van der Waals surface area contributed by atoms with Crippen LogP contribution in [0.2, 0.25) is 0 Å². The minimum absolute atomic E-state index is 0.0182. The van der Waals surface area contributed by atoms with Crippen molar-refractivity contribution >= 4 is 5.91 Å². The van der Waals surface area contributed by atoms with Gasteiger partial charge in [0.15, 0.2) is 0 Å². The average molecular weight is 371 g/mol. The molecule has 0 radical (unpaired) electrons. The van der Waals surface area contributed by atoms with Gasteiger partial charge in [-0.2, -0.15) is 5.10 Å². The van der Waals surface area contributed by atoms with Crippen molar-refractivity contribution in [1.29, 1.82) is 0 Å². The number of aromatic nitrogens is 2. The molecule has 27 heavy (non-hydrogen) atoms. The molecule has 2 aromatic rings. The molecule has 144 valence electrons. The third kappa shape index (κ3) is 5.02. The van der Waals surface area contributed by atoms with E-state index in [0.29, 0.717) is 18.5 Å². The first-order chi connectivity index (χ1) is 13.1. The number of hydrogen-bond acceptors (Lipinski definition) is 3. The van der Waals surface area contributed by atoms with Crippen LogP contribution in [0.3, 0.4) is 0 Å². The van der Waals surface area contributed by atoms with E-state index in [1.165, 1.54) is 10.7 Å². The van der Waals surface area contributed by atoms with E-state index >= 15 is 0 Å². The van der Waals surface area contributed by atoms with E-state index in [2.05, 4.69) is 10.4 Å². The van der Waals surface area contributed by atoms with Crippen molar-refractivity contribution in [2.75, 3.05) is 0 Å². The van der Waals surface area contributed by atoms with E-state index in [0.717, 1.165) is 43.4 Å². The largest absolute Gasteiger partial charge is 0.351 e. The molecule has 0 saturated carbocycles. The van der Waals surface area contributed by atoms with Gasteiger partial charge in [0.05, 0.1) is 18.7 Å². The van der Waals surface area contributed by atoms with Crippen LogP contribution in [0.1, 0.15) is 49.4 Å². The Kier molecular flexibility index (Phi) is 6.37. The van der Waals surface area contributed by atoms with E-state index in [4.69, 9.17) is 0 Å². The zero-order valence-electron chi connectivity index (χ0n) is 15.7. The second-order valence-corrected chi connectivity index (χ2v) is 7.14. The molecule has 1 N–H and O–H groups in total. The molecule has 0 saturated heterocycles. The Morgan fingerprint density at radius 1 is 1.26 bits per heavy atom. The van der Waals surface area contributed by atoms with Gasteiger partial charge in [0.1, 0.15) is 5.82 Å². The lowest BCUT2D eigenvalue weighted by Gasteiger charge is -2.19. The number of nitrogens with one attached hydrogen (secondary N) is 1. The van der Waals surface area contributed by atoms with Gasteiger partial charge in [-0.05, 0) is 49.3 Å². The molecule has 1 aromatic carbocycles. The Hall–Kier alpha value is -2.50. The number of halogens is 1. The number of amides is 1. The van der Waals surface area contributed by atoms with E-state index in [9.17, 15) is 14.0 Å². The van der Waals surface area contributed by atoms with Crippen molar-refractivity contribution in [3.8, 4) is 0 Å². The monoisotopic (exact) mass is 371 g/mol. The molecule has 1 heterocycles. The zero-order valence-corrected chi connectivity index (χ0v) is 15.7. The summed E-state index contributed by atoms with van der Waals surface area (Å²) < 4.78 is 15.2. The summed E-state index contributed by atoms with van der Waals surface area (Å²) >= 11 is 0. The number of fused-ring (bicyclic) bond motifs is 1. The lowest BCUT2D eigenvalue weighted by Crippen LogP contribution is -2.41. The van der Waals surface area contributed by atoms with Gasteiger partial charge in [-0.15, -0.1) is 0 Å². The quantitative estimate of drug-likeness (QED) is 0.794. The summed E-state index contributed by atoms with van der Waals surface area (Å²) in [5, 5.41) is 7.46. The summed E-state index contributed by atoms with van der Waals surface area (Å²) in [6.07, 6.45) is 5.80. The van der Waals surface area contributed by atoms with Crippen LogP contribution in [0.5, 0.6) is 0 Å².